The molecule has 0 radical (unpaired) electrons. The lowest BCUT2D eigenvalue weighted by molar-refractivity contribution is -0.117. The molecule has 1 aromatic heterocycles. The Balaban J connectivity index is 2.15. The second-order valence-electron chi connectivity index (χ2n) is 3.79. The van der Waals surface area contributed by atoms with Gasteiger partial charge in [-0.1, -0.05) is 0 Å². The third-order valence-electron chi connectivity index (χ3n) is 2.35. The van der Waals surface area contributed by atoms with Gasteiger partial charge in [-0.05, 0) is 18.2 Å². The Morgan fingerprint density at radius 3 is 2.76 bits per heavy atom. The third-order valence-corrected chi connectivity index (χ3v) is 2.35. The lowest BCUT2D eigenvalue weighted by Crippen LogP contribution is -2.18. The minimum Gasteiger partial charge on any atom is -0.457 e. The molecule has 3 N–H and O–H groups in total. The third kappa shape index (κ3) is 3.66. The molecule has 2 rings (SSSR count). The molecule has 0 aliphatic carbocycles. The van der Waals surface area contributed by atoms with Crippen LogP contribution in [0, 0.1) is 5.82 Å². The Hall–Kier alpha value is -3.16. The van der Waals surface area contributed by atoms with Gasteiger partial charge >= 0.3 is 5.97 Å². The van der Waals surface area contributed by atoms with Gasteiger partial charge in [0.1, 0.15) is 17.3 Å². The quantitative estimate of drug-likeness (QED) is 0.490. The number of hydroxylamine groups is 1. The smallest absolute Gasteiger partial charge is 0.381 e. The molecule has 7 nitrogen and oxygen atoms in total. The molecular formula is C13H10FN3O4. The second kappa shape index (κ2) is 6.33. The number of halogens is 1. The van der Waals surface area contributed by atoms with E-state index in [1.54, 1.807) is 5.48 Å². The van der Waals surface area contributed by atoms with Crippen molar-refractivity contribution >= 4 is 18.1 Å². The fourth-order valence-electron chi connectivity index (χ4n) is 1.42. The fourth-order valence-corrected chi connectivity index (χ4v) is 1.42. The number of nitrogen functional groups attached to an aromatic ring is 1. The van der Waals surface area contributed by atoms with Gasteiger partial charge < -0.3 is 15.3 Å². The van der Waals surface area contributed by atoms with Gasteiger partial charge in [-0.15, -0.1) is 0 Å². The highest BCUT2D eigenvalue weighted by molar-refractivity contribution is 5.87. The summed E-state index contributed by atoms with van der Waals surface area (Å²) in [6.45, 7) is 0. The van der Waals surface area contributed by atoms with Crippen molar-refractivity contribution in [1.29, 1.82) is 0 Å². The van der Waals surface area contributed by atoms with Crippen molar-refractivity contribution in [3.63, 3.8) is 0 Å². The fraction of sp³-hybridized carbons (Fsp3) is 0. The number of anilines is 1. The van der Waals surface area contributed by atoms with Gasteiger partial charge in [0, 0.05) is 18.3 Å². The zero-order chi connectivity index (χ0) is 15.2. The predicted molar refractivity (Wildman–Crippen MR) is 69.7 cm³/mol. The first kappa shape index (κ1) is 14.3. The van der Waals surface area contributed by atoms with Crippen molar-refractivity contribution in [3.8, 4) is 11.5 Å². The number of rotatable bonds is 5. The first-order valence-corrected chi connectivity index (χ1v) is 5.69. The maximum Gasteiger partial charge on any atom is 0.381 e. The molecule has 8 heteroatoms. The Labute approximate surface area is 118 Å². The van der Waals surface area contributed by atoms with Crippen molar-refractivity contribution in [2.45, 2.75) is 0 Å². The number of pyridine rings is 1. The molecule has 21 heavy (non-hydrogen) atoms. The van der Waals surface area contributed by atoms with E-state index in [0.717, 1.165) is 6.07 Å². The van der Waals surface area contributed by atoms with Gasteiger partial charge in [-0.2, -0.15) is 5.48 Å². The van der Waals surface area contributed by atoms with Crippen molar-refractivity contribution in [1.82, 2.24) is 10.5 Å². The number of hydrogen-bond acceptors (Lipinski definition) is 6. The molecule has 0 aliphatic rings. The summed E-state index contributed by atoms with van der Waals surface area (Å²) < 4.78 is 18.7. The number of benzene rings is 1. The van der Waals surface area contributed by atoms with E-state index < -0.39 is 11.8 Å². The highest BCUT2D eigenvalue weighted by atomic mass is 19.1. The lowest BCUT2D eigenvalue weighted by atomic mass is 10.3. The molecule has 0 fully saturated rings. The van der Waals surface area contributed by atoms with Crippen LogP contribution in [0.5, 0.6) is 11.5 Å². The van der Waals surface area contributed by atoms with E-state index in [4.69, 9.17) is 10.5 Å². The van der Waals surface area contributed by atoms with Crippen molar-refractivity contribution < 1.29 is 23.6 Å². The molecule has 0 unspecified atom stereocenters. The van der Waals surface area contributed by atoms with Gasteiger partial charge in [-0.3, -0.25) is 4.79 Å². The first-order chi connectivity index (χ1) is 10.1. The Morgan fingerprint density at radius 2 is 2.05 bits per heavy atom. The van der Waals surface area contributed by atoms with Gasteiger partial charge in [0.05, 0.1) is 5.69 Å². The maximum absolute atomic E-state index is 13.3. The van der Waals surface area contributed by atoms with Gasteiger partial charge in [0.2, 0.25) is 6.41 Å². The number of hydrogen-bond donors (Lipinski definition) is 2. The minimum absolute atomic E-state index is 0.00119. The number of ether oxygens (including phenoxy) is 1. The van der Waals surface area contributed by atoms with Crippen LogP contribution in [0.1, 0.15) is 10.5 Å². The molecule has 2 aromatic rings. The highest BCUT2D eigenvalue weighted by Gasteiger charge is 2.11. The van der Waals surface area contributed by atoms with E-state index in [2.05, 4.69) is 9.82 Å². The number of nitrogens with one attached hydrogen (secondary N) is 1. The summed E-state index contributed by atoms with van der Waals surface area (Å²) >= 11 is 0. The summed E-state index contributed by atoms with van der Waals surface area (Å²) in [5.41, 5.74) is 7.03. The molecule has 1 amide bonds. The van der Waals surface area contributed by atoms with Crippen LogP contribution >= 0.6 is 0 Å². The van der Waals surface area contributed by atoms with Crippen molar-refractivity contribution in [2.75, 3.05) is 5.73 Å². The van der Waals surface area contributed by atoms with Crippen LogP contribution in [0.3, 0.4) is 0 Å². The van der Waals surface area contributed by atoms with Crippen LogP contribution in [0.4, 0.5) is 10.1 Å². The average molecular weight is 291 g/mol. The number of carbonyl (C=O) groups excluding carboxylic acids is 2. The molecule has 0 aliphatic heterocycles. The Bertz CT molecular complexity index is 678. The summed E-state index contributed by atoms with van der Waals surface area (Å²) in [6.07, 6.45) is 1.51. The molecular weight excluding hydrogens is 281 g/mol. The standard InChI is InChI=1S/C13H10FN3O4/c14-10-5-8(1-2-11(10)15)20-9-3-4-16-12(6-9)13(19)21-17-7-18/h1-7H,15H2,(H,17,18). The lowest BCUT2D eigenvalue weighted by Gasteiger charge is -2.07. The SMILES string of the molecule is Nc1ccc(Oc2ccnc(C(=O)ONC=O)c2)cc1F. The molecule has 1 heterocycles. The van der Waals surface area contributed by atoms with Crippen LogP contribution in [0.15, 0.2) is 36.5 Å². The molecule has 1 aromatic carbocycles. The minimum atomic E-state index is -0.865. The normalized spacial score (nSPS) is 9.76. The van der Waals surface area contributed by atoms with Gasteiger partial charge in [0.25, 0.3) is 0 Å². The van der Waals surface area contributed by atoms with Crippen molar-refractivity contribution in [2.24, 2.45) is 0 Å². The number of carbonyl (C=O) groups is 2. The topological polar surface area (TPSA) is 104 Å². The maximum atomic E-state index is 13.3. The Kier molecular flexibility index (Phi) is 4.30. The molecule has 108 valence electrons. The van der Waals surface area contributed by atoms with E-state index in [9.17, 15) is 14.0 Å². The number of nitrogens with zero attached hydrogens (tertiary/aromatic N) is 1. The molecule has 0 atom stereocenters. The summed E-state index contributed by atoms with van der Waals surface area (Å²) in [5, 5.41) is 0. The number of aromatic nitrogens is 1. The summed E-state index contributed by atoms with van der Waals surface area (Å²) in [7, 11) is 0. The van der Waals surface area contributed by atoms with Crippen LogP contribution < -0.4 is 16.0 Å². The van der Waals surface area contributed by atoms with Crippen LogP contribution in [0.25, 0.3) is 0 Å². The average Bonchev–Trinajstić information content (AvgIpc) is 2.49. The van der Waals surface area contributed by atoms with E-state index in [-0.39, 0.29) is 29.3 Å². The van der Waals surface area contributed by atoms with Crippen LogP contribution in [-0.2, 0) is 9.63 Å². The number of nitrogens with two attached hydrogens (primary N) is 1. The molecule has 0 saturated carbocycles. The summed E-state index contributed by atoms with van der Waals surface area (Å²) in [4.78, 5) is 29.6. The van der Waals surface area contributed by atoms with E-state index in [1.807, 2.05) is 0 Å². The van der Waals surface area contributed by atoms with Gasteiger partial charge in [0.15, 0.2) is 5.69 Å². The zero-order valence-corrected chi connectivity index (χ0v) is 10.6. The molecule has 0 bridgehead atoms. The second-order valence-corrected chi connectivity index (χ2v) is 3.79. The molecule has 0 saturated heterocycles. The van der Waals surface area contributed by atoms with Crippen LogP contribution in [-0.4, -0.2) is 17.4 Å². The van der Waals surface area contributed by atoms with E-state index in [0.29, 0.717) is 0 Å². The summed E-state index contributed by atoms with van der Waals surface area (Å²) in [6, 6.07) is 6.70. The van der Waals surface area contributed by atoms with E-state index in [1.165, 1.54) is 30.5 Å². The summed E-state index contributed by atoms with van der Waals surface area (Å²) in [5.74, 6) is -1.03. The van der Waals surface area contributed by atoms with Crippen molar-refractivity contribution in [3.05, 3.63) is 48.0 Å². The van der Waals surface area contributed by atoms with Crippen LogP contribution in [0.2, 0.25) is 0 Å². The largest absolute Gasteiger partial charge is 0.457 e. The van der Waals surface area contributed by atoms with Gasteiger partial charge in [-0.25, -0.2) is 14.2 Å². The highest BCUT2D eigenvalue weighted by Crippen LogP contribution is 2.24. The first-order valence-electron chi connectivity index (χ1n) is 5.69. The molecule has 0 spiro atoms. The monoisotopic (exact) mass is 291 g/mol. The van der Waals surface area contributed by atoms with E-state index >= 15 is 0 Å². The predicted octanol–water partition coefficient (Wildman–Crippen LogP) is 1.41. The zero-order valence-electron chi connectivity index (χ0n) is 10.6. The number of amides is 1. The Morgan fingerprint density at radius 1 is 1.29 bits per heavy atom.